The molecule has 0 bridgehead atoms. The highest BCUT2D eigenvalue weighted by atomic mass is 15.1. The van der Waals surface area contributed by atoms with Crippen molar-refractivity contribution in [3.63, 3.8) is 0 Å². The summed E-state index contributed by atoms with van der Waals surface area (Å²) in [5, 5.41) is 1.27. The van der Waals surface area contributed by atoms with Gasteiger partial charge in [0.2, 0.25) is 0 Å². The van der Waals surface area contributed by atoms with E-state index in [1.165, 1.54) is 22.2 Å². The van der Waals surface area contributed by atoms with E-state index in [-0.39, 0.29) is 5.54 Å². The molecule has 0 unspecified atom stereocenters. The average Bonchev–Trinajstić information content (AvgIpc) is 2.86. The van der Waals surface area contributed by atoms with Gasteiger partial charge < -0.3 is 15.6 Å². The van der Waals surface area contributed by atoms with Crippen molar-refractivity contribution in [3.8, 4) is 0 Å². The zero-order valence-corrected chi connectivity index (χ0v) is 9.75. The lowest BCUT2D eigenvalue weighted by atomic mass is 10.0. The first-order valence-corrected chi connectivity index (χ1v) is 5.68. The number of nitrogens with two attached hydrogens (primary N) is 1. The molecule has 1 aliphatic carbocycles. The Morgan fingerprint density at radius 3 is 2.69 bits per heavy atom. The van der Waals surface area contributed by atoms with E-state index in [2.05, 4.69) is 48.4 Å². The Morgan fingerprint density at radius 1 is 1.31 bits per heavy atom. The van der Waals surface area contributed by atoms with Gasteiger partial charge >= 0.3 is 0 Å². The quantitative estimate of drug-likeness (QED) is 0.806. The monoisotopic (exact) mass is 215 g/mol. The van der Waals surface area contributed by atoms with Gasteiger partial charge in [0.25, 0.3) is 0 Å². The van der Waals surface area contributed by atoms with Gasteiger partial charge in [-0.1, -0.05) is 0 Å². The van der Waals surface area contributed by atoms with Crippen LogP contribution >= 0.6 is 0 Å². The normalized spacial score (nSPS) is 17.7. The van der Waals surface area contributed by atoms with Crippen LogP contribution in [0.2, 0.25) is 0 Å². The maximum Gasteiger partial charge on any atom is 0.0459 e. The highest BCUT2D eigenvalue weighted by molar-refractivity contribution is 5.87. The summed E-state index contributed by atoms with van der Waals surface area (Å²) in [6.45, 7) is 0. The Labute approximate surface area is 95.2 Å². The molecule has 1 fully saturated rings. The molecule has 3 nitrogen and oxygen atoms in total. The second-order valence-electron chi connectivity index (χ2n) is 4.98. The van der Waals surface area contributed by atoms with E-state index in [0.29, 0.717) is 0 Å². The first-order chi connectivity index (χ1) is 7.60. The van der Waals surface area contributed by atoms with Crippen molar-refractivity contribution in [2.45, 2.75) is 18.4 Å². The zero-order valence-electron chi connectivity index (χ0n) is 9.75. The third-order valence-electron chi connectivity index (χ3n) is 3.51. The Bertz CT molecular complexity index is 535. The van der Waals surface area contributed by atoms with Crippen LogP contribution in [0.25, 0.3) is 10.9 Å². The number of hydrogen-bond donors (Lipinski definition) is 2. The second kappa shape index (κ2) is 3.01. The smallest absolute Gasteiger partial charge is 0.0459 e. The first-order valence-electron chi connectivity index (χ1n) is 5.68. The van der Waals surface area contributed by atoms with Gasteiger partial charge in [-0.05, 0) is 36.6 Å². The molecule has 0 aliphatic heterocycles. The van der Waals surface area contributed by atoms with Crippen LogP contribution in [0.4, 0.5) is 5.69 Å². The number of H-pyrrole nitrogens is 1. The van der Waals surface area contributed by atoms with Gasteiger partial charge in [-0.3, -0.25) is 0 Å². The van der Waals surface area contributed by atoms with Crippen LogP contribution < -0.4 is 10.6 Å². The Balaban J connectivity index is 2.19. The minimum absolute atomic E-state index is 0.0663. The third-order valence-corrected chi connectivity index (χ3v) is 3.51. The Morgan fingerprint density at radius 2 is 2.06 bits per heavy atom. The molecule has 84 valence electrons. The fraction of sp³-hybridized carbons (Fsp3) is 0.385. The molecule has 0 spiro atoms. The summed E-state index contributed by atoms with van der Waals surface area (Å²) >= 11 is 0. The molecule has 2 aromatic rings. The number of nitrogens with one attached hydrogen (secondary N) is 1. The number of benzene rings is 1. The van der Waals surface area contributed by atoms with E-state index in [0.717, 1.165) is 12.8 Å². The van der Waals surface area contributed by atoms with Crippen LogP contribution in [-0.2, 0) is 5.54 Å². The van der Waals surface area contributed by atoms with Gasteiger partial charge in [0.1, 0.15) is 0 Å². The summed E-state index contributed by atoms with van der Waals surface area (Å²) in [6.07, 6.45) is 4.27. The molecule has 0 saturated heterocycles. The molecule has 3 N–H and O–H groups in total. The van der Waals surface area contributed by atoms with Gasteiger partial charge in [-0.2, -0.15) is 0 Å². The van der Waals surface area contributed by atoms with Crippen LogP contribution in [0, 0.1) is 0 Å². The number of nitrogens with zero attached hydrogens (tertiary/aromatic N) is 1. The van der Waals surface area contributed by atoms with Gasteiger partial charge in [0, 0.05) is 42.4 Å². The summed E-state index contributed by atoms with van der Waals surface area (Å²) in [6, 6.07) is 6.46. The lowest BCUT2D eigenvalue weighted by molar-refractivity contribution is 0.747. The molecule has 1 heterocycles. The Kier molecular flexibility index (Phi) is 1.83. The third kappa shape index (κ3) is 1.32. The van der Waals surface area contributed by atoms with Crippen LogP contribution in [0.1, 0.15) is 18.4 Å². The van der Waals surface area contributed by atoms with Crippen LogP contribution in [-0.4, -0.2) is 19.1 Å². The molecule has 0 amide bonds. The van der Waals surface area contributed by atoms with Gasteiger partial charge in [-0.25, -0.2) is 0 Å². The number of fused-ring (bicyclic) bond motifs is 1. The number of rotatable bonds is 2. The first kappa shape index (κ1) is 9.73. The SMILES string of the molecule is CN(C)c1ccc2[nH]cc(C3(N)CC3)c2c1. The van der Waals surface area contributed by atoms with E-state index in [1.54, 1.807) is 0 Å². The number of aromatic amines is 1. The molecule has 3 heteroatoms. The second-order valence-corrected chi connectivity index (χ2v) is 4.98. The molecule has 0 radical (unpaired) electrons. The average molecular weight is 215 g/mol. The van der Waals surface area contributed by atoms with Crippen LogP contribution in [0.3, 0.4) is 0 Å². The predicted octanol–water partition coefficient (Wildman–Crippen LogP) is 2.18. The van der Waals surface area contributed by atoms with Crippen molar-refractivity contribution in [2.75, 3.05) is 19.0 Å². The summed E-state index contributed by atoms with van der Waals surface area (Å²) in [5.41, 5.74) is 9.87. The topological polar surface area (TPSA) is 45.0 Å². The zero-order chi connectivity index (χ0) is 11.3. The van der Waals surface area contributed by atoms with Crippen molar-refractivity contribution in [1.82, 2.24) is 4.98 Å². The van der Waals surface area contributed by atoms with Crippen molar-refractivity contribution in [1.29, 1.82) is 0 Å². The van der Waals surface area contributed by atoms with Crippen molar-refractivity contribution in [2.24, 2.45) is 5.73 Å². The van der Waals surface area contributed by atoms with Crippen molar-refractivity contribution in [3.05, 3.63) is 30.0 Å². The minimum atomic E-state index is -0.0663. The molecular formula is C13H17N3. The maximum atomic E-state index is 6.27. The van der Waals surface area contributed by atoms with Crippen molar-refractivity contribution < 1.29 is 0 Å². The van der Waals surface area contributed by atoms with Crippen LogP contribution in [0.15, 0.2) is 24.4 Å². The lowest BCUT2D eigenvalue weighted by Gasteiger charge is -2.13. The van der Waals surface area contributed by atoms with E-state index >= 15 is 0 Å². The fourth-order valence-corrected chi connectivity index (χ4v) is 2.20. The number of anilines is 1. The van der Waals surface area contributed by atoms with E-state index in [1.807, 2.05) is 0 Å². The van der Waals surface area contributed by atoms with E-state index in [4.69, 9.17) is 5.73 Å². The molecule has 1 aliphatic rings. The maximum absolute atomic E-state index is 6.27. The molecule has 1 saturated carbocycles. The summed E-state index contributed by atoms with van der Waals surface area (Å²) in [5.74, 6) is 0. The highest BCUT2D eigenvalue weighted by Gasteiger charge is 2.41. The fourth-order valence-electron chi connectivity index (χ4n) is 2.20. The molecule has 1 aromatic carbocycles. The van der Waals surface area contributed by atoms with Gasteiger partial charge in [-0.15, -0.1) is 0 Å². The summed E-state index contributed by atoms with van der Waals surface area (Å²) < 4.78 is 0. The number of hydrogen-bond acceptors (Lipinski definition) is 2. The molecule has 16 heavy (non-hydrogen) atoms. The molecule has 3 rings (SSSR count). The van der Waals surface area contributed by atoms with Gasteiger partial charge in [0.05, 0.1) is 0 Å². The summed E-state index contributed by atoms with van der Waals surface area (Å²) in [4.78, 5) is 5.42. The molecule has 0 atom stereocenters. The molecule has 1 aromatic heterocycles. The lowest BCUT2D eigenvalue weighted by Crippen LogP contribution is -2.18. The predicted molar refractivity (Wildman–Crippen MR) is 67.7 cm³/mol. The van der Waals surface area contributed by atoms with Gasteiger partial charge in [0.15, 0.2) is 0 Å². The minimum Gasteiger partial charge on any atom is -0.378 e. The Hall–Kier alpha value is -1.48. The van der Waals surface area contributed by atoms with Crippen molar-refractivity contribution >= 4 is 16.6 Å². The number of aromatic nitrogens is 1. The standard InChI is InChI=1S/C13H17N3/c1-16(2)9-3-4-12-10(7-9)11(8-15-12)13(14)5-6-13/h3-4,7-8,15H,5-6,14H2,1-2H3. The largest absolute Gasteiger partial charge is 0.378 e. The van der Waals surface area contributed by atoms with E-state index in [9.17, 15) is 0 Å². The highest BCUT2D eigenvalue weighted by Crippen LogP contribution is 2.45. The summed E-state index contributed by atoms with van der Waals surface area (Å²) in [7, 11) is 4.12. The molecular weight excluding hydrogens is 198 g/mol. The van der Waals surface area contributed by atoms with E-state index < -0.39 is 0 Å². The van der Waals surface area contributed by atoms with Crippen LogP contribution in [0.5, 0.6) is 0 Å².